The molecule has 1 atom stereocenters. The summed E-state index contributed by atoms with van der Waals surface area (Å²) in [5, 5.41) is 0. The Bertz CT molecular complexity index is 535. The lowest BCUT2D eigenvalue weighted by Crippen LogP contribution is -2.25. The molecule has 20 heavy (non-hydrogen) atoms. The number of hydrogen-bond acceptors (Lipinski definition) is 3. The summed E-state index contributed by atoms with van der Waals surface area (Å²) in [6.07, 6.45) is -3.48. The molecular weight excluding hydrogens is 271 g/mol. The molecule has 0 amide bonds. The second kappa shape index (κ2) is 6.45. The number of carbonyl (C=O) groups excluding carboxylic acids is 2. The number of Topliss-reactive ketones (excluding diaryl/α,β-unsaturated/α-hetero) is 2. The molecule has 108 valence electrons. The van der Waals surface area contributed by atoms with Crippen molar-refractivity contribution in [2.45, 2.75) is 19.5 Å². The van der Waals surface area contributed by atoms with Crippen LogP contribution in [-0.4, -0.2) is 24.8 Å². The van der Waals surface area contributed by atoms with Crippen molar-refractivity contribution in [3.05, 3.63) is 35.4 Å². The summed E-state index contributed by atoms with van der Waals surface area (Å²) < 4.78 is 37.7. The van der Waals surface area contributed by atoms with E-state index in [1.165, 1.54) is 32.3 Å². The van der Waals surface area contributed by atoms with Gasteiger partial charge in [-0.1, -0.05) is 18.2 Å². The van der Waals surface area contributed by atoms with E-state index in [9.17, 15) is 22.8 Å². The lowest BCUT2D eigenvalue weighted by atomic mass is 9.95. The van der Waals surface area contributed by atoms with E-state index in [2.05, 4.69) is 4.99 Å². The van der Waals surface area contributed by atoms with Crippen LogP contribution in [-0.2, 0) is 22.2 Å². The van der Waals surface area contributed by atoms with Gasteiger partial charge in [0.15, 0.2) is 5.78 Å². The van der Waals surface area contributed by atoms with Gasteiger partial charge in [0.05, 0.1) is 5.56 Å². The minimum absolute atomic E-state index is 0.223. The predicted octanol–water partition coefficient (Wildman–Crippen LogP) is 2.72. The van der Waals surface area contributed by atoms with Crippen LogP contribution in [0.3, 0.4) is 0 Å². The van der Waals surface area contributed by atoms with Crippen LogP contribution in [0.4, 0.5) is 13.2 Å². The summed E-state index contributed by atoms with van der Waals surface area (Å²) in [7, 11) is 1.42. The highest BCUT2D eigenvalue weighted by Crippen LogP contribution is 2.29. The number of halogens is 3. The molecule has 1 rings (SSSR count). The van der Waals surface area contributed by atoms with Gasteiger partial charge in [-0.3, -0.25) is 14.6 Å². The van der Waals surface area contributed by atoms with Gasteiger partial charge in [-0.25, -0.2) is 0 Å². The van der Waals surface area contributed by atoms with Gasteiger partial charge in [-0.05, 0) is 18.6 Å². The predicted molar refractivity (Wildman–Crippen MR) is 68.7 cm³/mol. The van der Waals surface area contributed by atoms with Crippen LogP contribution in [0.1, 0.15) is 18.1 Å². The van der Waals surface area contributed by atoms with Crippen molar-refractivity contribution >= 4 is 17.8 Å². The smallest absolute Gasteiger partial charge is 0.300 e. The number of nitrogens with zero attached hydrogens (tertiary/aromatic N) is 1. The summed E-state index contributed by atoms with van der Waals surface area (Å²) in [5.41, 5.74) is -0.591. The fourth-order valence-corrected chi connectivity index (χ4v) is 1.73. The molecule has 0 aliphatic carbocycles. The van der Waals surface area contributed by atoms with E-state index in [-0.39, 0.29) is 17.8 Å². The maximum Gasteiger partial charge on any atom is 0.416 e. The van der Waals surface area contributed by atoms with E-state index >= 15 is 0 Å². The summed E-state index contributed by atoms with van der Waals surface area (Å²) in [6.45, 7) is 1.25. The molecule has 0 saturated heterocycles. The minimum Gasteiger partial charge on any atom is -0.300 e. The van der Waals surface area contributed by atoms with Crippen molar-refractivity contribution in [1.29, 1.82) is 0 Å². The first kappa shape index (κ1) is 16.1. The molecular formula is C14H14F3NO2. The highest BCUT2D eigenvalue weighted by molar-refractivity contribution is 6.14. The Hall–Kier alpha value is -1.98. The number of alkyl halides is 3. The number of rotatable bonds is 5. The Morgan fingerprint density at radius 1 is 1.35 bits per heavy atom. The van der Waals surface area contributed by atoms with Crippen LogP contribution >= 0.6 is 0 Å². The summed E-state index contributed by atoms with van der Waals surface area (Å²) in [4.78, 5) is 26.8. The van der Waals surface area contributed by atoms with Crippen molar-refractivity contribution < 1.29 is 22.8 Å². The van der Waals surface area contributed by atoms with Gasteiger partial charge in [0.1, 0.15) is 11.7 Å². The number of benzene rings is 1. The number of aliphatic imine (C=N–C) groups is 1. The first-order valence-corrected chi connectivity index (χ1v) is 5.87. The molecule has 0 radical (unpaired) electrons. The molecule has 0 N–H and O–H groups in total. The lowest BCUT2D eigenvalue weighted by molar-refractivity contribution is -0.138. The van der Waals surface area contributed by atoms with Crippen LogP contribution < -0.4 is 0 Å². The molecule has 0 bridgehead atoms. The van der Waals surface area contributed by atoms with Crippen LogP contribution in [0.15, 0.2) is 29.3 Å². The monoisotopic (exact) mass is 285 g/mol. The zero-order valence-corrected chi connectivity index (χ0v) is 11.1. The molecule has 1 aromatic rings. The largest absolute Gasteiger partial charge is 0.416 e. The normalized spacial score (nSPS) is 13.4. The highest BCUT2D eigenvalue weighted by atomic mass is 19.4. The molecule has 0 saturated carbocycles. The SMILES string of the molecule is CN=CC(C(C)=O)C(=O)Cc1cccc(C(F)(F)F)c1. The lowest BCUT2D eigenvalue weighted by Gasteiger charge is -2.10. The van der Waals surface area contributed by atoms with Crippen LogP contribution in [0, 0.1) is 5.92 Å². The van der Waals surface area contributed by atoms with Crippen molar-refractivity contribution in [3.63, 3.8) is 0 Å². The maximum atomic E-state index is 12.6. The van der Waals surface area contributed by atoms with Gasteiger partial charge < -0.3 is 0 Å². The third kappa shape index (κ3) is 4.29. The molecule has 0 spiro atoms. The zero-order chi connectivity index (χ0) is 15.3. The van der Waals surface area contributed by atoms with Crippen LogP contribution in [0.5, 0.6) is 0 Å². The van der Waals surface area contributed by atoms with Gasteiger partial charge in [-0.2, -0.15) is 13.2 Å². The Labute approximate surface area is 114 Å². The average molecular weight is 285 g/mol. The fourth-order valence-electron chi connectivity index (χ4n) is 1.73. The topological polar surface area (TPSA) is 46.5 Å². The van der Waals surface area contributed by atoms with Gasteiger partial charge in [0.2, 0.25) is 0 Å². The van der Waals surface area contributed by atoms with Gasteiger partial charge in [0.25, 0.3) is 0 Å². The number of hydrogen-bond donors (Lipinski definition) is 0. The molecule has 3 nitrogen and oxygen atoms in total. The Kier molecular flexibility index (Phi) is 5.19. The Morgan fingerprint density at radius 3 is 2.50 bits per heavy atom. The molecule has 6 heteroatoms. The second-order valence-corrected chi connectivity index (χ2v) is 4.34. The molecule has 0 aromatic heterocycles. The van der Waals surface area contributed by atoms with E-state index in [1.54, 1.807) is 0 Å². The summed E-state index contributed by atoms with van der Waals surface area (Å²) in [6, 6.07) is 4.51. The first-order valence-electron chi connectivity index (χ1n) is 5.87. The van der Waals surface area contributed by atoms with Crippen molar-refractivity contribution in [2.75, 3.05) is 7.05 Å². The zero-order valence-electron chi connectivity index (χ0n) is 11.1. The first-order chi connectivity index (χ1) is 9.25. The van der Waals surface area contributed by atoms with E-state index in [0.717, 1.165) is 12.1 Å². The molecule has 0 aliphatic heterocycles. The van der Waals surface area contributed by atoms with E-state index in [1.807, 2.05) is 0 Å². The average Bonchev–Trinajstić information content (AvgIpc) is 2.34. The molecule has 0 fully saturated rings. The Morgan fingerprint density at radius 2 is 2.00 bits per heavy atom. The van der Waals surface area contributed by atoms with Crippen LogP contribution in [0.2, 0.25) is 0 Å². The quantitative estimate of drug-likeness (QED) is 0.617. The third-order valence-electron chi connectivity index (χ3n) is 2.72. The van der Waals surface area contributed by atoms with Gasteiger partial charge in [-0.15, -0.1) is 0 Å². The van der Waals surface area contributed by atoms with E-state index in [0.29, 0.717) is 0 Å². The Balaban J connectivity index is 2.93. The second-order valence-electron chi connectivity index (χ2n) is 4.34. The van der Waals surface area contributed by atoms with Crippen LogP contribution in [0.25, 0.3) is 0 Å². The number of ketones is 2. The van der Waals surface area contributed by atoms with E-state index < -0.39 is 23.4 Å². The third-order valence-corrected chi connectivity index (χ3v) is 2.72. The van der Waals surface area contributed by atoms with Crippen molar-refractivity contribution in [1.82, 2.24) is 0 Å². The van der Waals surface area contributed by atoms with Crippen molar-refractivity contribution in [3.8, 4) is 0 Å². The van der Waals surface area contributed by atoms with Gasteiger partial charge >= 0.3 is 6.18 Å². The van der Waals surface area contributed by atoms with E-state index in [4.69, 9.17) is 0 Å². The molecule has 0 aliphatic rings. The summed E-state index contributed by atoms with van der Waals surface area (Å²) in [5.74, 6) is -1.86. The number of carbonyl (C=O) groups is 2. The maximum absolute atomic E-state index is 12.6. The fraction of sp³-hybridized carbons (Fsp3) is 0.357. The minimum atomic E-state index is -4.45. The molecule has 1 unspecified atom stereocenters. The van der Waals surface area contributed by atoms with Crippen molar-refractivity contribution in [2.24, 2.45) is 10.9 Å². The molecule has 1 aromatic carbocycles. The standard InChI is InChI=1S/C14H14F3NO2/c1-9(19)12(8-18-2)13(20)7-10-4-3-5-11(6-10)14(15,16)17/h3-6,8,12H,7H2,1-2H3. The summed E-state index contributed by atoms with van der Waals surface area (Å²) >= 11 is 0. The van der Waals surface area contributed by atoms with Gasteiger partial charge in [0, 0.05) is 19.7 Å². The molecule has 0 heterocycles. The highest BCUT2D eigenvalue weighted by Gasteiger charge is 2.30.